The highest BCUT2D eigenvalue weighted by molar-refractivity contribution is 5.94. The van der Waals surface area contributed by atoms with Crippen LogP contribution in [0, 0.1) is 0 Å². The van der Waals surface area contributed by atoms with Gasteiger partial charge in [-0.1, -0.05) is 0 Å². The molecule has 0 heterocycles. The molecule has 5 heteroatoms. The first-order valence-electron chi connectivity index (χ1n) is 5.64. The molecule has 5 nitrogen and oxygen atoms in total. The van der Waals surface area contributed by atoms with Crippen LogP contribution in [0.2, 0.25) is 0 Å². The first kappa shape index (κ1) is 12.8. The summed E-state index contributed by atoms with van der Waals surface area (Å²) in [5, 5.41) is 30.4. The number of carbonyl (C=O) groups excluding carboxylic acids is 1. The van der Waals surface area contributed by atoms with E-state index in [-0.39, 0.29) is 29.7 Å². The van der Waals surface area contributed by atoms with Crippen molar-refractivity contribution in [2.45, 2.75) is 6.54 Å². The smallest absolute Gasteiger partial charge is 0.251 e. The van der Waals surface area contributed by atoms with Gasteiger partial charge in [-0.2, -0.15) is 0 Å². The zero-order chi connectivity index (χ0) is 13.8. The van der Waals surface area contributed by atoms with E-state index in [1.807, 2.05) is 0 Å². The molecule has 0 radical (unpaired) electrons. The lowest BCUT2D eigenvalue weighted by molar-refractivity contribution is 0.0950. The van der Waals surface area contributed by atoms with E-state index >= 15 is 0 Å². The molecule has 0 aliphatic rings. The molecule has 0 bridgehead atoms. The van der Waals surface area contributed by atoms with Crippen LogP contribution in [-0.2, 0) is 6.54 Å². The number of hydrogen-bond donors (Lipinski definition) is 4. The molecule has 0 saturated carbocycles. The highest BCUT2D eigenvalue weighted by Gasteiger charge is 2.06. The lowest BCUT2D eigenvalue weighted by Crippen LogP contribution is -2.22. The summed E-state index contributed by atoms with van der Waals surface area (Å²) in [5.74, 6) is -0.333. The summed E-state index contributed by atoms with van der Waals surface area (Å²) >= 11 is 0. The zero-order valence-corrected chi connectivity index (χ0v) is 10.00. The summed E-state index contributed by atoms with van der Waals surface area (Å²) in [7, 11) is 0. The van der Waals surface area contributed by atoms with Gasteiger partial charge in [0.25, 0.3) is 5.91 Å². The second-order valence-electron chi connectivity index (χ2n) is 4.09. The molecule has 0 saturated heterocycles. The van der Waals surface area contributed by atoms with Crippen LogP contribution in [-0.4, -0.2) is 21.2 Å². The van der Waals surface area contributed by atoms with Crippen molar-refractivity contribution in [3.8, 4) is 17.2 Å². The minimum absolute atomic E-state index is 0.0612. The highest BCUT2D eigenvalue weighted by Crippen LogP contribution is 2.20. The molecule has 98 valence electrons. The fourth-order valence-corrected chi connectivity index (χ4v) is 1.66. The fraction of sp³-hybridized carbons (Fsp3) is 0.0714. The van der Waals surface area contributed by atoms with Crippen LogP contribution in [0.1, 0.15) is 15.9 Å². The molecule has 0 fully saturated rings. The molecule has 1 amide bonds. The number of amides is 1. The van der Waals surface area contributed by atoms with Crippen molar-refractivity contribution in [3.05, 3.63) is 53.6 Å². The molecule has 0 spiro atoms. The summed E-state index contributed by atoms with van der Waals surface area (Å²) in [6.45, 7) is 0.182. The molecular formula is C14H13NO4. The molecule has 0 atom stereocenters. The Bertz CT molecular complexity index is 573. The Labute approximate surface area is 109 Å². The predicted octanol–water partition coefficient (Wildman–Crippen LogP) is 1.73. The average Bonchev–Trinajstić information content (AvgIpc) is 2.36. The summed E-state index contributed by atoms with van der Waals surface area (Å²) in [6, 6.07) is 9.98. The summed E-state index contributed by atoms with van der Waals surface area (Å²) in [4.78, 5) is 11.8. The maximum atomic E-state index is 11.8. The Morgan fingerprint density at radius 3 is 2.05 bits per heavy atom. The molecule has 0 unspecified atom stereocenters. The topological polar surface area (TPSA) is 89.8 Å². The van der Waals surface area contributed by atoms with Gasteiger partial charge in [0, 0.05) is 18.2 Å². The number of carbonyl (C=O) groups is 1. The highest BCUT2D eigenvalue weighted by atomic mass is 16.3. The molecule has 0 aliphatic carbocycles. The average molecular weight is 259 g/mol. The molecular weight excluding hydrogens is 246 g/mol. The van der Waals surface area contributed by atoms with Crippen molar-refractivity contribution in [1.29, 1.82) is 0 Å². The van der Waals surface area contributed by atoms with Crippen LogP contribution in [0.15, 0.2) is 42.5 Å². The molecule has 0 aromatic heterocycles. The van der Waals surface area contributed by atoms with Crippen LogP contribution in [0.3, 0.4) is 0 Å². The summed E-state index contributed by atoms with van der Waals surface area (Å²) in [6.07, 6.45) is 0. The SMILES string of the molecule is O=C(NCc1cc(O)cc(O)c1)c1ccc(O)cc1. The fourth-order valence-electron chi connectivity index (χ4n) is 1.66. The second kappa shape index (κ2) is 5.30. The second-order valence-corrected chi connectivity index (χ2v) is 4.09. The minimum atomic E-state index is -0.303. The van der Waals surface area contributed by atoms with Gasteiger partial charge < -0.3 is 20.6 Å². The first-order chi connectivity index (χ1) is 9.04. The lowest BCUT2D eigenvalue weighted by atomic mass is 10.1. The Kier molecular flexibility index (Phi) is 3.56. The first-order valence-corrected chi connectivity index (χ1v) is 5.64. The van der Waals surface area contributed by atoms with E-state index in [9.17, 15) is 15.0 Å². The third-order valence-corrected chi connectivity index (χ3v) is 2.54. The van der Waals surface area contributed by atoms with Crippen LogP contribution >= 0.6 is 0 Å². The predicted molar refractivity (Wildman–Crippen MR) is 69.0 cm³/mol. The van der Waals surface area contributed by atoms with Crippen molar-refractivity contribution in [2.24, 2.45) is 0 Å². The minimum Gasteiger partial charge on any atom is -0.508 e. The maximum absolute atomic E-state index is 11.8. The molecule has 2 rings (SSSR count). The van der Waals surface area contributed by atoms with E-state index in [4.69, 9.17) is 5.11 Å². The molecule has 2 aromatic rings. The molecule has 0 aliphatic heterocycles. The number of benzene rings is 2. The number of nitrogens with one attached hydrogen (secondary N) is 1. The van der Waals surface area contributed by atoms with E-state index in [1.165, 1.54) is 42.5 Å². The maximum Gasteiger partial charge on any atom is 0.251 e. The lowest BCUT2D eigenvalue weighted by Gasteiger charge is -2.06. The van der Waals surface area contributed by atoms with Gasteiger partial charge in [0.15, 0.2) is 0 Å². The molecule has 4 N–H and O–H groups in total. The van der Waals surface area contributed by atoms with Gasteiger partial charge in [0.1, 0.15) is 17.2 Å². The van der Waals surface area contributed by atoms with Gasteiger partial charge in [0.2, 0.25) is 0 Å². The van der Waals surface area contributed by atoms with Gasteiger partial charge in [-0.15, -0.1) is 0 Å². The molecule has 19 heavy (non-hydrogen) atoms. The van der Waals surface area contributed by atoms with E-state index < -0.39 is 0 Å². The Balaban J connectivity index is 2.02. The van der Waals surface area contributed by atoms with Crippen molar-refractivity contribution < 1.29 is 20.1 Å². The molecule has 2 aromatic carbocycles. The van der Waals surface area contributed by atoms with Crippen LogP contribution < -0.4 is 5.32 Å². The van der Waals surface area contributed by atoms with Gasteiger partial charge in [0.05, 0.1) is 0 Å². The van der Waals surface area contributed by atoms with Crippen LogP contribution in [0.4, 0.5) is 0 Å². The standard InChI is InChI=1S/C14H13NO4/c16-11-3-1-10(2-4-11)14(19)15-8-9-5-12(17)7-13(18)6-9/h1-7,16-18H,8H2,(H,15,19). The van der Waals surface area contributed by atoms with E-state index in [0.717, 1.165) is 0 Å². The van der Waals surface area contributed by atoms with Crippen molar-refractivity contribution in [3.63, 3.8) is 0 Å². The number of hydrogen-bond acceptors (Lipinski definition) is 4. The van der Waals surface area contributed by atoms with Crippen LogP contribution in [0.25, 0.3) is 0 Å². The quantitative estimate of drug-likeness (QED) is 0.675. The monoisotopic (exact) mass is 259 g/mol. The van der Waals surface area contributed by atoms with Crippen molar-refractivity contribution in [2.75, 3.05) is 0 Å². The number of rotatable bonds is 3. The van der Waals surface area contributed by atoms with E-state index in [2.05, 4.69) is 5.32 Å². The van der Waals surface area contributed by atoms with Crippen molar-refractivity contribution in [1.82, 2.24) is 5.32 Å². The van der Waals surface area contributed by atoms with Gasteiger partial charge in [-0.3, -0.25) is 4.79 Å². The Morgan fingerprint density at radius 1 is 0.895 bits per heavy atom. The van der Waals surface area contributed by atoms with Gasteiger partial charge in [-0.05, 0) is 42.0 Å². The van der Waals surface area contributed by atoms with Gasteiger partial charge in [-0.25, -0.2) is 0 Å². The van der Waals surface area contributed by atoms with Gasteiger partial charge >= 0.3 is 0 Å². The number of phenols is 3. The third-order valence-electron chi connectivity index (χ3n) is 2.54. The Hall–Kier alpha value is -2.69. The summed E-state index contributed by atoms with van der Waals surface area (Å²) < 4.78 is 0. The zero-order valence-electron chi connectivity index (χ0n) is 10.00. The summed E-state index contributed by atoms with van der Waals surface area (Å²) in [5.41, 5.74) is 1.01. The van der Waals surface area contributed by atoms with Crippen LogP contribution in [0.5, 0.6) is 17.2 Å². The number of aromatic hydroxyl groups is 3. The van der Waals surface area contributed by atoms with Crippen molar-refractivity contribution >= 4 is 5.91 Å². The third kappa shape index (κ3) is 3.38. The largest absolute Gasteiger partial charge is 0.508 e. The van der Waals surface area contributed by atoms with E-state index in [1.54, 1.807) is 0 Å². The van der Waals surface area contributed by atoms with E-state index in [0.29, 0.717) is 11.1 Å². The normalized spacial score (nSPS) is 10.1. The Morgan fingerprint density at radius 2 is 1.47 bits per heavy atom. The number of phenolic OH excluding ortho intramolecular Hbond substituents is 3.